The summed E-state index contributed by atoms with van der Waals surface area (Å²) in [5.41, 5.74) is 9.94. The summed E-state index contributed by atoms with van der Waals surface area (Å²) in [6, 6.07) is 7.13. The lowest BCUT2D eigenvalue weighted by Crippen LogP contribution is -2.30. The Balaban J connectivity index is 1.78. The van der Waals surface area contributed by atoms with Crippen LogP contribution in [0.2, 0.25) is 0 Å². The molecule has 19 heavy (non-hydrogen) atoms. The normalized spacial score (nSPS) is 21.5. The van der Waals surface area contributed by atoms with Gasteiger partial charge in [0.25, 0.3) is 6.02 Å². The number of rotatable bonds is 3. The Hall–Kier alpha value is -1.71. The summed E-state index contributed by atoms with van der Waals surface area (Å²) in [4.78, 5) is 6.59. The van der Waals surface area contributed by atoms with Gasteiger partial charge in [0.1, 0.15) is 12.6 Å². The minimum Gasteiger partial charge on any atom is -0.463 e. The summed E-state index contributed by atoms with van der Waals surface area (Å²) in [6.07, 6.45) is 5.03. The zero-order valence-corrected chi connectivity index (χ0v) is 11.4. The van der Waals surface area contributed by atoms with Gasteiger partial charge in [-0.2, -0.15) is 0 Å². The SMILES string of the molecule is CN(CC1COC(N)=N1)c1cccc2c1CCCC2. The van der Waals surface area contributed by atoms with Crippen LogP contribution < -0.4 is 10.6 Å². The third-order valence-corrected chi connectivity index (χ3v) is 4.00. The molecule has 4 nitrogen and oxygen atoms in total. The molecule has 1 unspecified atom stereocenters. The van der Waals surface area contributed by atoms with E-state index in [0.717, 1.165) is 6.54 Å². The molecule has 0 saturated heterocycles. The van der Waals surface area contributed by atoms with E-state index in [-0.39, 0.29) is 6.04 Å². The van der Waals surface area contributed by atoms with Gasteiger partial charge in [0.15, 0.2) is 0 Å². The molecule has 0 amide bonds. The fourth-order valence-corrected chi connectivity index (χ4v) is 3.06. The van der Waals surface area contributed by atoms with E-state index in [1.807, 2.05) is 0 Å². The van der Waals surface area contributed by atoms with Crippen molar-refractivity contribution in [1.29, 1.82) is 0 Å². The largest absolute Gasteiger partial charge is 0.463 e. The van der Waals surface area contributed by atoms with Gasteiger partial charge in [-0.3, -0.25) is 0 Å². The van der Waals surface area contributed by atoms with Crippen LogP contribution in [0.4, 0.5) is 5.69 Å². The summed E-state index contributed by atoms with van der Waals surface area (Å²) >= 11 is 0. The smallest absolute Gasteiger partial charge is 0.282 e. The first-order valence-electron chi connectivity index (χ1n) is 7.02. The van der Waals surface area contributed by atoms with Crippen LogP contribution in [0.3, 0.4) is 0 Å². The highest BCUT2D eigenvalue weighted by Gasteiger charge is 2.21. The molecule has 0 radical (unpaired) electrons. The summed E-state index contributed by atoms with van der Waals surface area (Å²) in [7, 11) is 2.13. The third kappa shape index (κ3) is 2.53. The van der Waals surface area contributed by atoms with Crippen molar-refractivity contribution in [3.8, 4) is 0 Å². The van der Waals surface area contributed by atoms with Crippen molar-refractivity contribution < 1.29 is 4.74 Å². The first-order valence-corrected chi connectivity index (χ1v) is 7.02. The van der Waals surface area contributed by atoms with Gasteiger partial charge < -0.3 is 15.4 Å². The molecule has 2 aliphatic rings. The second kappa shape index (κ2) is 5.11. The van der Waals surface area contributed by atoms with Crippen LogP contribution in [0.5, 0.6) is 0 Å². The second-order valence-corrected chi connectivity index (χ2v) is 5.43. The minimum atomic E-state index is 0.157. The molecule has 3 rings (SSSR count). The summed E-state index contributed by atoms with van der Waals surface area (Å²) in [6.45, 7) is 1.46. The Morgan fingerprint density at radius 2 is 2.21 bits per heavy atom. The third-order valence-electron chi connectivity index (χ3n) is 4.00. The van der Waals surface area contributed by atoms with Crippen LogP contribution in [-0.2, 0) is 17.6 Å². The van der Waals surface area contributed by atoms with E-state index in [1.165, 1.54) is 42.5 Å². The fraction of sp³-hybridized carbons (Fsp3) is 0.533. The standard InChI is InChI=1S/C15H21N3O/c1-18(9-12-10-19-15(16)17-12)14-8-4-6-11-5-2-3-7-13(11)14/h4,6,8,12H,2-3,5,7,9-10H2,1H3,(H2,16,17). The minimum absolute atomic E-state index is 0.157. The number of nitrogens with zero attached hydrogens (tertiary/aromatic N) is 2. The molecule has 1 atom stereocenters. The fourth-order valence-electron chi connectivity index (χ4n) is 3.06. The predicted octanol–water partition coefficient (Wildman–Crippen LogP) is 1.72. The highest BCUT2D eigenvalue weighted by Crippen LogP contribution is 2.30. The maximum Gasteiger partial charge on any atom is 0.282 e. The molecule has 0 aromatic heterocycles. The highest BCUT2D eigenvalue weighted by molar-refractivity contribution is 5.73. The van der Waals surface area contributed by atoms with Crippen LogP contribution in [0, 0.1) is 0 Å². The number of hydrogen-bond donors (Lipinski definition) is 1. The molecule has 1 heterocycles. The van der Waals surface area contributed by atoms with E-state index in [9.17, 15) is 0 Å². The number of fused-ring (bicyclic) bond motifs is 1. The maximum atomic E-state index is 5.56. The molecule has 1 aliphatic carbocycles. The van der Waals surface area contributed by atoms with Crippen LogP contribution in [0.1, 0.15) is 24.0 Å². The number of nitrogens with two attached hydrogens (primary N) is 1. The highest BCUT2D eigenvalue weighted by atomic mass is 16.5. The lowest BCUT2D eigenvalue weighted by atomic mass is 9.90. The van der Waals surface area contributed by atoms with Crippen molar-refractivity contribution in [3.05, 3.63) is 29.3 Å². The zero-order chi connectivity index (χ0) is 13.2. The number of ether oxygens (including phenoxy) is 1. The Morgan fingerprint density at radius 1 is 1.37 bits per heavy atom. The average molecular weight is 259 g/mol. The van der Waals surface area contributed by atoms with Crippen molar-refractivity contribution in [3.63, 3.8) is 0 Å². The van der Waals surface area contributed by atoms with Crippen LogP contribution in [-0.4, -0.2) is 32.3 Å². The van der Waals surface area contributed by atoms with Gasteiger partial charge in [-0.15, -0.1) is 0 Å². The van der Waals surface area contributed by atoms with Gasteiger partial charge >= 0.3 is 0 Å². The van der Waals surface area contributed by atoms with Gasteiger partial charge in [-0.25, -0.2) is 4.99 Å². The molecule has 2 N–H and O–H groups in total. The van der Waals surface area contributed by atoms with Gasteiger partial charge in [-0.05, 0) is 42.9 Å². The first kappa shape index (κ1) is 12.3. The number of amidine groups is 1. The van der Waals surface area contributed by atoms with E-state index in [2.05, 4.69) is 35.1 Å². The van der Waals surface area contributed by atoms with Crippen molar-refractivity contribution in [1.82, 2.24) is 0 Å². The Kier molecular flexibility index (Phi) is 3.32. The van der Waals surface area contributed by atoms with Crippen molar-refractivity contribution in [2.45, 2.75) is 31.7 Å². The van der Waals surface area contributed by atoms with Crippen LogP contribution in [0.25, 0.3) is 0 Å². The van der Waals surface area contributed by atoms with E-state index in [1.54, 1.807) is 0 Å². The molecule has 1 aromatic carbocycles. The molecule has 102 valence electrons. The molecule has 0 saturated carbocycles. The molecule has 1 aromatic rings. The average Bonchev–Trinajstić information content (AvgIpc) is 2.83. The lowest BCUT2D eigenvalue weighted by molar-refractivity contribution is 0.314. The monoisotopic (exact) mass is 259 g/mol. The molecular weight excluding hydrogens is 238 g/mol. The Bertz CT molecular complexity index is 498. The second-order valence-electron chi connectivity index (χ2n) is 5.43. The van der Waals surface area contributed by atoms with E-state index >= 15 is 0 Å². The predicted molar refractivity (Wildman–Crippen MR) is 77.7 cm³/mol. The molecule has 1 aliphatic heterocycles. The molecule has 0 spiro atoms. The van der Waals surface area contributed by atoms with E-state index in [0.29, 0.717) is 12.6 Å². The van der Waals surface area contributed by atoms with Gasteiger partial charge in [0.2, 0.25) is 0 Å². The van der Waals surface area contributed by atoms with Crippen LogP contribution in [0.15, 0.2) is 23.2 Å². The number of likely N-dealkylation sites (N-methyl/N-ethyl adjacent to an activating group) is 1. The number of aliphatic imine (C=N–C) groups is 1. The van der Waals surface area contributed by atoms with Gasteiger partial charge in [0.05, 0.1) is 0 Å². The quantitative estimate of drug-likeness (QED) is 0.899. The summed E-state index contributed by atoms with van der Waals surface area (Å²) in [5.74, 6) is 0. The Labute approximate surface area is 114 Å². The maximum absolute atomic E-state index is 5.56. The number of hydrogen-bond acceptors (Lipinski definition) is 4. The topological polar surface area (TPSA) is 50.9 Å². The first-order chi connectivity index (χ1) is 9.24. The van der Waals surface area contributed by atoms with E-state index < -0.39 is 0 Å². The number of anilines is 1. The van der Waals surface area contributed by atoms with Crippen LogP contribution >= 0.6 is 0 Å². The molecular formula is C15H21N3O. The molecule has 0 fully saturated rings. The number of benzene rings is 1. The Morgan fingerprint density at radius 3 is 3.00 bits per heavy atom. The molecule has 0 bridgehead atoms. The van der Waals surface area contributed by atoms with Crippen molar-refractivity contribution in [2.75, 3.05) is 25.1 Å². The van der Waals surface area contributed by atoms with E-state index in [4.69, 9.17) is 10.5 Å². The summed E-state index contributed by atoms with van der Waals surface area (Å²) in [5, 5.41) is 0. The van der Waals surface area contributed by atoms with Crippen molar-refractivity contribution in [2.24, 2.45) is 10.7 Å². The van der Waals surface area contributed by atoms with Gasteiger partial charge in [-0.1, -0.05) is 12.1 Å². The van der Waals surface area contributed by atoms with Crippen molar-refractivity contribution >= 4 is 11.7 Å². The van der Waals surface area contributed by atoms with Gasteiger partial charge in [0, 0.05) is 19.3 Å². The zero-order valence-electron chi connectivity index (χ0n) is 11.4. The summed E-state index contributed by atoms with van der Waals surface area (Å²) < 4.78 is 5.22. The molecule has 4 heteroatoms. The lowest BCUT2D eigenvalue weighted by Gasteiger charge is -2.27. The number of aryl methyl sites for hydroxylation is 1.